The molecule has 0 radical (unpaired) electrons. The van der Waals surface area contributed by atoms with Gasteiger partial charge in [0.05, 0.1) is 42.0 Å². The van der Waals surface area contributed by atoms with E-state index in [2.05, 4.69) is 211 Å². The van der Waals surface area contributed by atoms with E-state index in [9.17, 15) is 19.2 Å². The van der Waals surface area contributed by atoms with Crippen LogP contribution in [0.2, 0.25) is 0 Å². The Hall–Kier alpha value is 2.40. The second-order valence-electron chi connectivity index (χ2n) is 8.31. The summed E-state index contributed by atoms with van der Waals surface area (Å²) in [4.78, 5) is 50.8. The van der Waals surface area contributed by atoms with Crippen LogP contribution in [-0.4, -0.2) is 89.7 Å². The number of benzene rings is 2. The van der Waals surface area contributed by atoms with Gasteiger partial charge in [-0.1, -0.05) is 20.8 Å². The van der Waals surface area contributed by atoms with Crippen molar-refractivity contribution in [1.82, 2.24) is 9.80 Å². The van der Waals surface area contributed by atoms with Crippen LogP contribution in [0.5, 0.6) is 0 Å². The number of halogens is 8. The topological polar surface area (TPSA) is 150 Å². The first-order valence-electron chi connectivity index (χ1n) is 12.6. The molecule has 44 heavy (non-hydrogen) atoms. The lowest BCUT2D eigenvalue weighted by molar-refractivity contribution is 0.0441. The van der Waals surface area contributed by atoms with E-state index in [1.54, 1.807) is 0 Å². The second-order valence-corrected chi connectivity index (χ2v) is 16.9. The average molecular weight is 1510 g/mol. The summed E-state index contributed by atoms with van der Waals surface area (Å²) in [7, 11) is 0. The molecular formula is C26H27I8N3O7. The molecule has 4 rings (SSSR count). The van der Waals surface area contributed by atoms with Gasteiger partial charge in [0, 0.05) is 35.1 Å². The van der Waals surface area contributed by atoms with E-state index in [0.717, 1.165) is 33.5 Å². The number of fused-ring (bicyclic) bond motifs is 2. The molecule has 2 amide bonds. The Bertz CT molecular complexity index is 1320. The van der Waals surface area contributed by atoms with Gasteiger partial charge in [0.1, 0.15) is 0 Å². The van der Waals surface area contributed by atoms with E-state index < -0.39 is 11.9 Å². The fraction of sp³-hybridized carbons (Fsp3) is 0.385. The van der Waals surface area contributed by atoms with E-state index in [-0.39, 0.29) is 31.6 Å². The minimum absolute atomic E-state index is 0.0473. The standard InChI is InChI=1S/C10H5I4NO3.C8I4O3.C6H15N.C2H7NO/c11-5-3-4(6(12)8(14)7(5)13)10(18)15(1-2-16)9(3)17;9-3-1-2(8(14)15-7(1)13)4(10)6(12)5(3)11;1-4-7(5-2)6-3;3-1-2-4/h16H,1-2H2;;4-6H2,1-3H3;4H,1-3H2. The number of nitrogens with zero attached hydrogens (tertiary/aromatic N) is 2. The maximum Gasteiger partial charge on any atom is 0.348 e. The Balaban J connectivity index is 0.000000334. The lowest BCUT2D eigenvalue weighted by Crippen LogP contribution is -2.32. The molecule has 0 unspecified atom stereocenters. The first-order chi connectivity index (χ1) is 20.6. The number of aliphatic hydroxyl groups excluding tert-OH is 2. The molecule has 0 saturated carbocycles. The molecular weight excluding hydrogens is 1480 g/mol. The third-order valence-corrected chi connectivity index (χ3v) is 20.7. The first kappa shape index (κ1) is 44.4. The Labute approximate surface area is 365 Å². The van der Waals surface area contributed by atoms with Crippen LogP contribution in [0.3, 0.4) is 0 Å². The van der Waals surface area contributed by atoms with Crippen LogP contribution in [-0.2, 0) is 4.74 Å². The molecule has 244 valence electrons. The number of imide groups is 1. The van der Waals surface area contributed by atoms with Gasteiger partial charge in [-0.3, -0.25) is 14.5 Å². The van der Waals surface area contributed by atoms with Crippen molar-refractivity contribution < 1.29 is 34.1 Å². The second kappa shape index (κ2) is 21.6. The largest absolute Gasteiger partial charge is 0.395 e. The summed E-state index contributed by atoms with van der Waals surface area (Å²) in [6.07, 6.45) is 0. The molecule has 2 aromatic rings. The molecule has 0 atom stereocenters. The number of β-amino-alcohol motifs (C(OH)–C–C–N with tert-alkyl or cyclic N) is 1. The van der Waals surface area contributed by atoms with Crippen molar-refractivity contribution in [3.05, 3.63) is 50.8 Å². The number of hydrogen-bond acceptors (Lipinski definition) is 9. The quantitative estimate of drug-likeness (QED) is 0.0747. The number of rotatable bonds is 6. The molecule has 0 bridgehead atoms. The molecule has 0 spiro atoms. The Morgan fingerprint density at radius 2 is 0.886 bits per heavy atom. The SMILES string of the molecule is CCN(CC)CC.NCCO.O=C1OC(=O)c2c(I)c(I)c(I)c(I)c21.O=C1c2c(I)c(I)c(I)c(I)c2C(=O)N1CCO. The smallest absolute Gasteiger partial charge is 0.348 e. The van der Waals surface area contributed by atoms with Crippen LogP contribution in [0.4, 0.5) is 0 Å². The highest BCUT2D eigenvalue weighted by Crippen LogP contribution is 2.38. The maximum absolute atomic E-state index is 12.2. The lowest BCUT2D eigenvalue weighted by atomic mass is 10.1. The van der Waals surface area contributed by atoms with Crippen molar-refractivity contribution in [1.29, 1.82) is 0 Å². The highest BCUT2D eigenvalue weighted by atomic mass is 127. The van der Waals surface area contributed by atoms with Crippen molar-refractivity contribution in [2.45, 2.75) is 20.8 Å². The summed E-state index contributed by atoms with van der Waals surface area (Å²) >= 11 is 17.0. The van der Waals surface area contributed by atoms with E-state index >= 15 is 0 Å². The van der Waals surface area contributed by atoms with Crippen molar-refractivity contribution in [2.24, 2.45) is 5.73 Å². The van der Waals surface area contributed by atoms with Crippen LogP contribution in [0.25, 0.3) is 0 Å². The number of amides is 2. The van der Waals surface area contributed by atoms with Crippen molar-refractivity contribution in [3.8, 4) is 0 Å². The third-order valence-electron chi connectivity index (χ3n) is 5.84. The molecule has 2 aliphatic heterocycles. The van der Waals surface area contributed by atoms with Gasteiger partial charge in [-0.05, 0) is 200 Å². The van der Waals surface area contributed by atoms with Crippen LogP contribution in [0.1, 0.15) is 62.2 Å². The fourth-order valence-corrected chi connectivity index (χ4v) is 10.9. The highest BCUT2D eigenvalue weighted by molar-refractivity contribution is 14.1. The van der Waals surface area contributed by atoms with Gasteiger partial charge in [0.2, 0.25) is 0 Å². The van der Waals surface area contributed by atoms with Gasteiger partial charge in [-0.15, -0.1) is 0 Å². The molecule has 0 saturated heterocycles. The van der Waals surface area contributed by atoms with E-state index in [1.165, 1.54) is 19.6 Å². The Kier molecular flexibility index (Phi) is 21.8. The fourth-order valence-electron chi connectivity index (χ4n) is 3.57. The predicted molar refractivity (Wildman–Crippen MR) is 236 cm³/mol. The molecule has 18 heteroatoms. The minimum Gasteiger partial charge on any atom is -0.395 e. The van der Waals surface area contributed by atoms with E-state index in [4.69, 9.17) is 15.9 Å². The number of cyclic esters (lactones) is 2. The third kappa shape index (κ3) is 10.7. The van der Waals surface area contributed by atoms with E-state index in [0.29, 0.717) is 28.8 Å². The van der Waals surface area contributed by atoms with Crippen molar-refractivity contribution >= 4 is 204 Å². The number of nitrogens with two attached hydrogens (primary N) is 1. The number of carbonyl (C=O) groups excluding carboxylic acids is 4. The molecule has 4 N–H and O–H groups in total. The summed E-state index contributed by atoms with van der Waals surface area (Å²) in [5, 5.41) is 16.7. The normalized spacial score (nSPS) is 13.0. The number of aliphatic hydroxyl groups is 2. The van der Waals surface area contributed by atoms with Gasteiger partial charge in [-0.25, -0.2) is 9.59 Å². The molecule has 2 aromatic carbocycles. The molecule has 0 aliphatic carbocycles. The van der Waals surface area contributed by atoms with Gasteiger partial charge < -0.3 is 25.6 Å². The van der Waals surface area contributed by atoms with Crippen molar-refractivity contribution in [3.63, 3.8) is 0 Å². The predicted octanol–water partition coefficient (Wildman–Crippen LogP) is 6.39. The summed E-state index contributed by atoms with van der Waals surface area (Å²) in [6.45, 7) is 10.4. The van der Waals surface area contributed by atoms with E-state index in [1.807, 2.05) is 0 Å². The monoisotopic (exact) mass is 1510 g/mol. The summed E-state index contributed by atoms with van der Waals surface area (Å²) < 4.78 is 11.8. The first-order valence-corrected chi connectivity index (χ1v) is 21.2. The summed E-state index contributed by atoms with van der Waals surface area (Å²) in [6, 6.07) is 0. The highest BCUT2D eigenvalue weighted by Gasteiger charge is 2.40. The van der Waals surface area contributed by atoms with Gasteiger partial charge in [0.25, 0.3) is 11.8 Å². The van der Waals surface area contributed by atoms with Gasteiger partial charge >= 0.3 is 11.9 Å². The number of carbonyl (C=O) groups is 4. The summed E-state index contributed by atoms with van der Waals surface area (Å²) in [5.41, 5.74) is 6.55. The Morgan fingerprint density at radius 3 is 1.11 bits per heavy atom. The Morgan fingerprint density at radius 1 is 0.591 bits per heavy atom. The van der Waals surface area contributed by atoms with Crippen LogP contribution in [0, 0.1) is 28.6 Å². The van der Waals surface area contributed by atoms with Gasteiger partial charge in [-0.2, -0.15) is 0 Å². The molecule has 10 nitrogen and oxygen atoms in total. The number of hydrogen-bond donors (Lipinski definition) is 3. The van der Waals surface area contributed by atoms with Crippen LogP contribution >= 0.6 is 181 Å². The molecule has 0 fully saturated rings. The lowest BCUT2D eigenvalue weighted by Gasteiger charge is -2.13. The zero-order chi connectivity index (χ0) is 34.0. The maximum atomic E-state index is 12.2. The number of esters is 2. The zero-order valence-corrected chi connectivity index (χ0v) is 40.6. The van der Waals surface area contributed by atoms with Crippen LogP contribution in [0.15, 0.2) is 0 Å². The minimum atomic E-state index is -0.536. The van der Waals surface area contributed by atoms with Crippen LogP contribution < -0.4 is 5.73 Å². The summed E-state index contributed by atoms with van der Waals surface area (Å²) in [5.74, 6) is -1.68. The number of ether oxygens (including phenoxy) is 1. The molecule has 2 aliphatic rings. The zero-order valence-electron chi connectivity index (χ0n) is 23.4. The molecule has 2 heterocycles. The van der Waals surface area contributed by atoms with Gasteiger partial charge in [0.15, 0.2) is 0 Å². The van der Waals surface area contributed by atoms with Crippen molar-refractivity contribution in [2.75, 3.05) is 45.9 Å². The average Bonchev–Trinajstić information content (AvgIpc) is 3.45. The molecule has 0 aromatic heterocycles.